The van der Waals surface area contributed by atoms with Crippen LogP contribution in [0.5, 0.6) is 0 Å². The number of amides is 2. The van der Waals surface area contributed by atoms with Crippen LogP contribution in [0.25, 0.3) is 21.5 Å². The molecule has 2 atom stereocenters. The van der Waals surface area contributed by atoms with Gasteiger partial charge in [0.25, 0.3) is 0 Å². The van der Waals surface area contributed by atoms with Crippen molar-refractivity contribution in [3.8, 4) is 0 Å². The summed E-state index contributed by atoms with van der Waals surface area (Å²) in [6, 6.07) is 26.1. The molecule has 0 radical (unpaired) electrons. The molecule has 0 fully saturated rings. The molecule has 0 aromatic heterocycles. The third-order valence-electron chi connectivity index (χ3n) is 6.23. The third kappa shape index (κ3) is 6.86. The van der Waals surface area contributed by atoms with Gasteiger partial charge in [-0.05, 0) is 38.7 Å². The quantitative estimate of drug-likeness (QED) is 0.219. The van der Waals surface area contributed by atoms with E-state index in [2.05, 4.69) is 16.7 Å². The number of nitrogens with one attached hydrogen (secondary N) is 2. The first kappa shape index (κ1) is 26.6. The SMILES string of the molecule is COC(=O)[C@@H](Cc1c2ccccc2cc2ccccc12)NC(=O)C[C@H](O)CNC(=O)OCc1ccccc1. The van der Waals surface area contributed by atoms with Crippen molar-refractivity contribution in [2.45, 2.75) is 31.6 Å². The molecular formula is C30H30N2O6. The summed E-state index contributed by atoms with van der Waals surface area (Å²) in [7, 11) is 1.27. The number of fused-ring (bicyclic) bond motifs is 2. The lowest BCUT2D eigenvalue weighted by atomic mass is 9.92. The maximum atomic E-state index is 12.7. The summed E-state index contributed by atoms with van der Waals surface area (Å²) in [5.41, 5.74) is 1.74. The monoisotopic (exact) mass is 514 g/mol. The Labute approximate surface area is 220 Å². The van der Waals surface area contributed by atoms with Crippen LogP contribution in [0.2, 0.25) is 0 Å². The number of aliphatic hydroxyl groups is 1. The molecule has 0 aliphatic rings. The van der Waals surface area contributed by atoms with E-state index in [1.54, 1.807) is 0 Å². The van der Waals surface area contributed by atoms with Crippen LogP contribution in [-0.4, -0.2) is 48.9 Å². The van der Waals surface area contributed by atoms with E-state index in [-0.39, 0.29) is 26.0 Å². The number of esters is 1. The van der Waals surface area contributed by atoms with Crippen molar-refractivity contribution in [2.75, 3.05) is 13.7 Å². The summed E-state index contributed by atoms with van der Waals surface area (Å²) in [6.07, 6.45) is -1.98. The number of benzene rings is 4. The molecule has 4 rings (SSSR count). The van der Waals surface area contributed by atoms with Gasteiger partial charge in [0.05, 0.1) is 19.6 Å². The predicted octanol–water partition coefficient (Wildman–Crippen LogP) is 3.87. The summed E-state index contributed by atoms with van der Waals surface area (Å²) in [4.78, 5) is 37.3. The van der Waals surface area contributed by atoms with Crippen LogP contribution in [0.4, 0.5) is 4.79 Å². The maximum Gasteiger partial charge on any atom is 0.407 e. The Balaban J connectivity index is 1.38. The van der Waals surface area contributed by atoms with Gasteiger partial charge in [-0.15, -0.1) is 0 Å². The second-order valence-corrected chi connectivity index (χ2v) is 8.95. The van der Waals surface area contributed by atoms with E-state index >= 15 is 0 Å². The summed E-state index contributed by atoms with van der Waals surface area (Å²) >= 11 is 0. The van der Waals surface area contributed by atoms with E-state index < -0.39 is 30.1 Å². The van der Waals surface area contributed by atoms with Gasteiger partial charge in [-0.25, -0.2) is 9.59 Å². The molecule has 0 unspecified atom stereocenters. The number of carbonyl (C=O) groups is 3. The number of carbonyl (C=O) groups excluding carboxylic acids is 3. The zero-order valence-corrected chi connectivity index (χ0v) is 21.1. The summed E-state index contributed by atoms with van der Waals surface area (Å²) in [6.45, 7) is -0.0925. The second kappa shape index (κ2) is 12.7. The van der Waals surface area contributed by atoms with Gasteiger partial charge < -0.3 is 25.2 Å². The molecular weight excluding hydrogens is 484 g/mol. The highest BCUT2D eigenvalue weighted by molar-refractivity contribution is 6.02. The van der Waals surface area contributed by atoms with Crippen molar-refractivity contribution in [3.63, 3.8) is 0 Å². The van der Waals surface area contributed by atoms with Crippen LogP contribution >= 0.6 is 0 Å². The Morgan fingerprint density at radius 3 is 2.11 bits per heavy atom. The number of aliphatic hydroxyl groups excluding tert-OH is 1. The first-order valence-corrected chi connectivity index (χ1v) is 12.3. The van der Waals surface area contributed by atoms with E-state index in [1.807, 2.05) is 78.9 Å². The van der Waals surface area contributed by atoms with Crippen molar-refractivity contribution in [1.29, 1.82) is 0 Å². The first-order chi connectivity index (χ1) is 18.4. The van der Waals surface area contributed by atoms with Crippen LogP contribution < -0.4 is 10.6 Å². The summed E-state index contributed by atoms with van der Waals surface area (Å²) < 4.78 is 10.1. The van der Waals surface area contributed by atoms with Gasteiger partial charge in [0, 0.05) is 13.0 Å². The maximum absolute atomic E-state index is 12.7. The Hall–Kier alpha value is -4.43. The normalized spacial score (nSPS) is 12.5. The molecule has 0 saturated carbocycles. The molecule has 4 aromatic rings. The number of hydrogen-bond acceptors (Lipinski definition) is 6. The van der Waals surface area contributed by atoms with E-state index in [0.717, 1.165) is 32.7 Å². The highest BCUT2D eigenvalue weighted by atomic mass is 16.5. The van der Waals surface area contributed by atoms with E-state index in [9.17, 15) is 19.5 Å². The van der Waals surface area contributed by atoms with Crippen LogP contribution in [0.3, 0.4) is 0 Å². The van der Waals surface area contributed by atoms with Gasteiger partial charge in [-0.3, -0.25) is 4.79 Å². The van der Waals surface area contributed by atoms with Gasteiger partial charge in [0.15, 0.2) is 0 Å². The largest absolute Gasteiger partial charge is 0.467 e. The van der Waals surface area contributed by atoms with Gasteiger partial charge in [0.1, 0.15) is 12.6 Å². The van der Waals surface area contributed by atoms with Crippen LogP contribution in [0.1, 0.15) is 17.5 Å². The van der Waals surface area contributed by atoms with Crippen molar-refractivity contribution < 1.29 is 29.0 Å². The minimum Gasteiger partial charge on any atom is -0.467 e. The van der Waals surface area contributed by atoms with Gasteiger partial charge in [-0.2, -0.15) is 0 Å². The Kier molecular flexibility index (Phi) is 8.89. The van der Waals surface area contributed by atoms with E-state index in [1.165, 1.54) is 7.11 Å². The number of ether oxygens (including phenoxy) is 2. The smallest absolute Gasteiger partial charge is 0.407 e. The van der Waals surface area contributed by atoms with Gasteiger partial charge in [0.2, 0.25) is 5.91 Å². The van der Waals surface area contributed by atoms with Crippen molar-refractivity contribution in [1.82, 2.24) is 10.6 Å². The number of alkyl carbamates (subject to hydrolysis) is 1. The van der Waals surface area contributed by atoms with Crippen LogP contribution in [0.15, 0.2) is 84.9 Å². The first-order valence-electron chi connectivity index (χ1n) is 12.3. The fourth-order valence-electron chi connectivity index (χ4n) is 4.38. The molecule has 2 amide bonds. The highest BCUT2D eigenvalue weighted by Gasteiger charge is 2.25. The zero-order chi connectivity index (χ0) is 26.9. The molecule has 4 aromatic carbocycles. The molecule has 8 nitrogen and oxygen atoms in total. The van der Waals surface area contributed by atoms with Crippen LogP contribution in [-0.2, 0) is 32.1 Å². The molecule has 0 spiro atoms. The lowest BCUT2D eigenvalue weighted by Gasteiger charge is -2.20. The molecule has 0 bridgehead atoms. The van der Waals surface area contributed by atoms with Crippen molar-refractivity contribution in [2.24, 2.45) is 0 Å². The molecule has 38 heavy (non-hydrogen) atoms. The van der Waals surface area contributed by atoms with Crippen molar-refractivity contribution in [3.05, 3.63) is 96.1 Å². The second-order valence-electron chi connectivity index (χ2n) is 8.95. The molecule has 196 valence electrons. The number of methoxy groups -OCH3 is 1. The molecule has 0 heterocycles. The number of hydrogen-bond donors (Lipinski definition) is 3. The Morgan fingerprint density at radius 2 is 1.47 bits per heavy atom. The summed E-state index contributed by atoms with van der Waals surface area (Å²) in [5.74, 6) is -1.13. The number of rotatable bonds is 10. The van der Waals surface area contributed by atoms with E-state index in [4.69, 9.17) is 9.47 Å². The standard InChI is InChI=1S/C30H30N2O6/c1-37-29(35)27(17-26-24-13-7-5-11-21(24)15-22-12-6-8-14-25(22)26)32-28(34)16-23(33)18-31-30(36)38-19-20-9-3-2-4-10-20/h2-15,23,27,33H,16-19H2,1H3,(H,31,36)(H,32,34)/t23-,27+/m0/s1. The highest BCUT2D eigenvalue weighted by Crippen LogP contribution is 2.29. The van der Waals surface area contributed by atoms with Gasteiger partial charge in [-0.1, -0.05) is 78.9 Å². The minimum atomic E-state index is -1.17. The average molecular weight is 515 g/mol. The molecule has 3 N–H and O–H groups in total. The zero-order valence-electron chi connectivity index (χ0n) is 21.1. The van der Waals surface area contributed by atoms with Crippen molar-refractivity contribution >= 4 is 39.5 Å². The molecule has 8 heteroatoms. The Morgan fingerprint density at radius 1 is 0.868 bits per heavy atom. The average Bonchev–Trinajstić information content (AvgIpc) is 2.94. The summed E-state index contributed by atoms with van der Waals surface area (Å²) in [5, 5.41) is 19.4. The van der Waals surface area contributed by atoms with Crippen LogP contribution in [0, 0.1) is 0 Å². The Bertz CT molecular complexity index is 1370. The topological polar surface area (TPSA) is 114 Å². The lowest BCUT2D eigenvalue weighted by Crippen LogP contribution is -2.45. The van der Waals surface area contributed by atoms with Gasteiger partial charge >= 0.3 is 12.1 Å². The fourth-order valence-corrected chi connectivity index (χ4v) is 4.38. The molecule has 0 aliphatic carbocycles. The molecule has 0 aliphatic heterocycles. The lowest BCUT2D eigenvalue weighted by molar-refractivity contribution is -0.145. The molecule has 0 saturated heterocycles. The predicted molar refractivity (Wildman–Crippen MR) is 144 cm³/mol. The van der Waals surface area contributed by atoms with E-state index in [0.29, 0.717) is 0 Å². The third-order valence-corrected chi connectivity index (χ3v) is 6.23. The minimum absolute atomic E-state index is 0.0902. The fraction of sp³-hybridized carbons (Fsp3) is 0.233.